The lowest BCUT2D eigenvalue weighted by molar-refractivity contribution is 0.0270. The molecule has 0 atom stereocenters. The number of thiophene rings is 1. The first-order valence-electron chi connectivity index (χ1n) is 8.13. The SMILES string of the molecule is Cc1cc(C)cc(C(=O)N(Cc2cccs2)C2CCOCC2)c1. The molecule has 1 amide bonds. The van der Waals surface area contributed by atoms with E-state index < -0.39 is 0 Å². The van der Waals surface area contributed by atoms with E-state index in [9.17, 15) is 4.79 Å². The minimum atomic E-state index is 0.136. The minimum Gasteiger partial charge on any atom is -0.381 e. The first-order valence-corrected chi connectivity index (χ1v) is 9.01. The van der Waals surface area contributed by atoms with Crippen LogP contribution in [0.4, 0.5) is 0 Å². The van der Waals surface area contributed by atoms with Gasteiger partial charge >= 0.3 is 0 Å². The molecule has 4 heteroatoms. The van der Waals surface area contributed by atoms with Crippen LogP contribution in [0.25, 0.3) is 0 Å². The van der Waals surface area contributed by atoms with Crippen molar-refractivity contribution in [3.05, 3.63) is 57.3 Å². The maximum Gasteiger partial charge on any atom is 0.254 e. The predicted molar refractivity (Wildman–Crippen MR) is 93.9 cm³/mol. The largest absolute Gasteiger partial charge is 0.381 e. The van der Waals surface area contributed by atoms with E-state index in [1.54, 1.807) is 11.3 Å². The normalized spacial score (nSPS) is 15.6. The number of amides is 1. The number of nitrogens with zero attached hydrogens (tertiary/aromatic N) is 1. The molecule has 1 aliphatic heterocycles. The highest BCUT2D eigenvalue weighted by Gasteiger charge is 2.27. The van der Waals surface area contributed by atoms with Crippen molar-refractivity contribution in [3.8, 4) is 0 Å². The number of ether oxygens (including phenoxy) is 1. The van der Waals surface area contributed by atoms with Gasteiger partial charge in [0.15, 0.2) is 0 Å². The van der Waals surface area contributed by atoms with Gasteiger partial charge in [-0.3, -0.25) is 4.79 Å². The fourth-order valence-corrected chi connectivity index (χ4v) is 3.90. The van der Waals surface area contributed by atoms with Crippen LogP contribution >= 0.6 is 11.3 Å². The summed E-state index contributed by atoms with van der Waals surface area (Å²) in [5.41, 5.74) is 3.07. The lowest BCUT2D eigenvalue weighted by Crippen LogP contribution is -2.42. The Morgan fingerprint density at radius 3 is 2.52 bits per heavy atom. The standard InChI is InChI=1S/C19H23NO2S/c1-14-10-15(2)12-16(11-14)19(21)20(13-18-4-3-9-23-18)17-5-7-22-8-6-17/h3-4,9-12,17H,5-8,13H2,1-2H3. The van der Waals surface area contributed by atoms with E-state index in [0.717, 1.165) is 42.7 Å². The van der Waals surface area contributed by atoms with Crippen LogP contribution in [0.2, 0.25) is 0 Å². The van der Waals surface area contributed by atoms with Crippen LogP contribution < -0.4 is 0 Å². The zero-order valence-corrected chi connectivity index (χ0v) is 14.6. The lowest BCUT2D eigenvalue weighted by Gasteiger charge is -2.34. The van der Waals surface area contributed by atoms with Gasteiger partial charge in [0.1, 0.15) is 0 Å². The summed E-state index contributed by atoms with van der Waals surface area (Å²) in [7, 11) is 0. The highest BCUT2D eigenvalue weighted by Crippen LogP contribution is 2.23. The van der Waals surface area contributed by atoms with Crippen molar-refractivity contribution in [3.63, 3.8) is 0 Å². The average molecular weight is 329 g/mol. The zero-order valence-electron chi connectivity index (χ0n) is 13.7. The molecule has 1 aliphatic rings. The summed E-state index contributed by atoms with van der Waals surface area (Å²) in [6.45, 7) is 6.26. The number of aryl methyl sites for hydroxylation is 2. The lowest BCUT2D eigenvalue weighted by atomic mass is 10.0. The summed E-state index contributed by atoms with van der Waals surface area (Å²) in [6.07, 6.45) is 1.84. The summed E-state index contributed by atoms with van der Waals surface area (Å²) in [5, 5.41) is 2.07. The van der Waals surface area contributed by atoms with Crippen LogP contribution in [-0.2, 0) is 11.3 Å². The maximum atomic E-state index is 13.2. The van der Waals surface area contributed by atoms with E-state index in [4.69, 9.17) is 4.74 Å². The van der Waals surface area contributed by atoms with Crippen LogP contribution in [-0.4, -0.2) is 30.1 Å². The van der Waals surface area contributed by atoms with Crippen LogP contribution in [0.15, 0.2) is 35.7 Å². The van der Waals surface area contributed by atoms with E-state index in [0.29, 0.717) is 6.54 Å². The topological polar surface area (TPSA) is 29.5 Å². The molecule has 0 saturated carbocycles. The van der Waals surface area contributed by atoms with Gasteiger partial charge in [-0.05, 0) is 50.3 Å². The van der Waals surface area contributed by atoms with Crippen LogP contribution in [0, 0.1) is 13.8 Å². The van der Waals surface area contributed by atoms with Crippen molar-refractivity contribution in [2.45, 2.75) is 39.3 Å². The third-order valence-corrected chi connectivity index (χ3v) is 5.13. The smallest absolute Gasteiger partial charge is 0.254 e. The number of carbonyl (C=O) groups excluding carboxylic acids is 1. The van der Waals surface area contributed by atoms with Gasteiger partial charge in [0.05, 0.1) is 6.54 Å². The van der Waals surface area contributed by atoms with Crippen LogP contribution in [0.5, 0.6) is 0 Å². The molecule has 1 saturated heterocycles. The molecule has 0 spiro atoms. The van der Waals surface area contributed by atoms with Gasteiger partial charge in [0, 0.05) is 29.7 Å². The number of benzene rings is 1. The second kappa shape index (κ2) is 7.28. The maximum absolute atomic E-state index is 13.2. The van der Waals surface area contributed by atoms with Gasteiger partial charge in [0.2, 0.25) is 0 Å². The molecule has 23 heavy (non-hydrogen) atoms. The Hall–Kier alpha value is -1.65. The minimum absolute atomic E-state index is 0.136. The Morgan fingerprint density at radius 2 is 1.91 bits per heavy atom. The summed E-state index contributed by atoms with van der Waals surface area (Å²) in [5.74, 6) is 0.136. The third kappa shape index (κ3) is 4.01. The van der Waals surface area contributed by atoms with Crippen LogP contribution in [0.1, 0.15) is 39.2 Å². The highest BCUT2D eigenvalue weighted by molar-refractivity contribution is 7.09. The number of carbonyl (C=O) groups is 1. The molecule has 1 fully saturated rings. The molecule has 0 radical (unpaired) electrons. The zero-order chi connectivity index (χ0) is 16.2. The molecule has 122 valence electrons. The predicted octanol–water partition coefficient (Wildman–Crippen LogP) is 4.19. The van der Waals surface area contributed by atoms with Gasteiger partial charge < -0.3 is 9.64 Å². The number of rotatable bonds is 4. The van der Waals surface area contributed by atoms with Crippen molar-refractivity contribution in [1.29, 1.82) is 0 Å². The van der Waals surface area contributed by atoms with E-state index >= 15 is 0 Å². The monoisotopic (exact) mass is 329 g/mol. The molecule has 2 heterocycles. The number of hydrogen-bond acceptors (Lipinski definition) is 3. The van der Waals surface area contributed by atoms with Crippen molar-refractivity contribution >= 4 is 17.2 Å². The molecule has 0 N–H and O–H groups in total. The fourth-order valence-electron chi connectivity index (χ4n) is 3.20. The molecular weight excluding hydrogens is 306 g/mol. The summed E-state index contributed by atoms with van der Waals surface area (Å²) < 4.78 is 5.47. The van der Waals surface area contributed by atoms with Gasteiger partial charge in [-0.15, -0.1) is 11.3 Å². The van der Waals surface area contributed by atoms with Gasteiger partial charge in [-0.2, -0.15) is 0 Å². The quantitative estimate of drug-likeness (QED) is 0.842. The van der Waals surface area contributed by atoms with Crippen molar-refractivity contribution in [2.75, 3.05) is 13.2 Å². The molecule has 0 unspecified atom stereocenters. The van der Waals surface area contributed by atoms with E-state index in [2.05, 4.69) is 17.5 Å². The summed E-state index contributed by atoms with van der Waals surface area (Å²) in [6, 6.07) is 10.5. The van der Waals surface area contributed by atoms with Crippen LogP contribution in [0.3, 0.4) is 0 Å². The first-order chi connectivity index (χ1) is 11.1. The molecular formula is C19H23NO2S. The van der Waals surface area contributed by atoms with Gasteiger partial charge in [-0.25, -0.2) is 0 Å². The van der Waals surface area contributed by atoms with Gasteiger partial charge in [-0.1, -0.05) is 23.3 Å². The van der Waals surface area contributed by atoms with E-state index in [-0.39, 0.29) is 11.9 Å². The molecule has 0 aliphatic carbocycles. The van der Waals surface area contributed by atoms with Crippen molar-refractivity contribution < 1.29 is 9.53 Å². The van der Waals surface area contributed by atoms with Gasteiger partial charge in [0.25, 0.3) is 5.91 Å². The Bertz CT molecular complexity index is 640. The Morgan fingerprint density at radius 1 is 1.22 bits per heavy atom. The number of hydrogen-bond donors (Lipinski definition) is 0. The molecule has 0 bridgehead atoms. The second-order valence-corrected chi connectivity index (χ2v) is 7.26. The van der Waals surface area contributed by atoms with E-state index in [1.165, 1.54) is 4.88 Å². The molecule has 3 rings (SSSR count). The van der Waals surface area contributed by atoms with Crippen molar-refractivity contribution in [1.82, 2.24) is 4.90 Å². The Balaban J connectivity index is 1.87. The van der Waals surface area contributed by atoms with Crippen molar-refractivity contribution in [2.24, 2.45) is 0 Å². The molecule has 3 nitrogen and oxygen atoms in total. The molecule has 1 aromatic carbocycles. The molecule has 2 aromatic rings. The summed E-state index contributed by atoms with van der Waals surface area (Å²) >= 11 is 1.71. The Kier molecular flexibility index (Phi) is 5.13. The fraction of sp³-hybridized carbons (Fsp3) is 0.421. The Labute approximate surface area is 141 Å². The highest BCUT2D eigenvalue weighted by atomic mass is 32.1. The average Bonchev–Trinajstić information content (AvgIpc) is 3.05. The summed E-state index contributed by atoms with van der Waals surface area (Å²) in [4.78, 5) is 16.4. The third-order valence-electron chi connectivity index (χ3n) is 4.27. The second-order valence-electron chi connectivity index (χ2n) is 6.23. The van der Waals surface area contributed by atoms with E-state index in [1.807, 2.05) is 36.9 Å². The molecule has 1 aromatic heterocycles. The first kappa shape index (κ1) is 16.2.